The normalized spacial score (nSPS) is 21.8. The van der Waals surface area contributed by atoms with Crippen molar-refractivity contribution in [2.45, 2.75) is 19.5 Å². The number of rotatable bonds is 4. The molecule has 124 valence electrons. The van der Waals surface area contributed by atoms with E-state index in [1.807, 2.05) is 4.90 Å². The molecule has 2 aliphatic heterocycles. The third-order valence-electron chi connectivity index (χ3n) is 4.47. The number of hydrogen-bond acceptors (Lipinski definition) is 4. The third-order valence-corrected chi connectivity index (χ3v) is 4.47. The van der Waals surface area contributed by atoms with E-state index in [0.717, 1.165) is 0 Å². The molecule has 0 N–H and O–H groups in total. The first-order chi connectivity index (χ1) is 11.1. The number of carbonyl (C=O) groups is 2. The van der Waals surface area contributed by atoms with Crippen molar-refractivity contribution < 1.29 is 18.7 Å². The second-order valence-corrected chi connectivity index (χ2v) is 5.74. The highest BCUT2D eigenvalue weighted by atomic mass is 19.1. The van der Waals surface area contributed by atoms with E-state index < -0.39 is 6.04 Å². The minimum Gasteiger partial charge on any atom is -0.494 e. The lowest BCUT2D eigenvalue weighted by atomic mass is 10.1. The number of urea groups is 1. The van der Waals surface area contributed by atoms with Gasteiger partial charge in [0.1, 0.15) is 6.04 Å². The minimum absolute atomic E-state index is 0.159. The van der Waals surface area contributed by atoms with Crippen LogP contribution in [0.25, 0.3) is 0 Å². The molecule has 0 radical (unpaired) electrons. The smallest absolute Gasteiger partial charge is 0.327 e. The van der Waals surface area contributed by atoms with Gasteiger partial charge in [-0.3, -0.25) is 14.6 Å². The summed E-state index contributed by atoms with van der Waals surface area (Å²) in [5.41, 5.74) is 0.530. The fourth-order valence-electron chi connectivity index (χ4n) is 3.22. The van der Waals surface area contributed by atoms with E-state index in [1.165, 1.54) is 12.0 Å². The van der Waals surface area contributed by atoms with Crippen LogP contribution in [0.15, 0.2) is 18.2 Å². The van der Waals surface area contributed by atoms with Gasteiger partial charge in [-0.05, 0) is 13.0 Å². The number of halogens is 1. The molecule has 1 aromatic carbocycles. The topological polar surface area (TPSA) is 53.1 Å². The maximum absolute atomic E-state index is 14.3. The van der Waals surface area contributed by atoms with E-state index in [1.54, 1.807) is 30.0 Å². The Morgan fingerprint density at radius 2 is 2.09 bits per heavy atom. The number of amides is 3. The summed E-state index contributed by atoms with van der Waals surface area (Å²) in [6.07, 6.45) is 0. The van der Waals surface area contributed by atoms with Crippen LogP contribution in [0.3, 0.4) is 0 Å². The van der Waals surface area contributed by atoms with E-state index in [-0.39, 0.29) is 23.5 Å². The molecular formula is C16H20FN3O3. The van der Waals surface area contributed by atoms with Gasteiger partial charge in [0.2, 0.25) is 0 Å². The molecule has 0 aliphatic carbocycles. The molecule has 6 nitrogen and oxygen atoms in total. The highest BCUT2D eigenvalue weighted by Crippen LogP contribution is 2.25. The molecule has 23 heavy (non-hydrogen) atoms. The summed E-state index contributed by atoms with van der Waals surface area (Å²) < 4.78 is 19.3. The van der Waals surface area contributed by atoms with Gasteiger partial charge in [0, 0.05) is 38.3 Å². The highest BCUT2D eigenvalue weighted by molar-refractivity contribution is 6.04. The van der Waals surface area contributed by atoms with Gasteiger partial charge in [0.25, 0.3) is 5.91 Å². The lowest BCUT2D eigenvalue weighted by Crippen LogP contribution is -2.52. The Morgan fingerprint density at radius 1 is 1.30 bits per heavy atom. The van der Waals surface area contributed by atoms with Crippen molar-refractivity contribution in [3.05, 3.63) is 29.6 Å². The number of carbonyl (C=O) groups excluding carboxylic acids is 2. The summed E-state index contributed by atoms with van der Waals surface area (Å²) >= 11 is 0. The lowest BCUT2D eigenvalue weighted by molar-refractivity contribution is -0.129. The summed E-state index contributed by atoms with van der Waals surface area (Å²) in [5.74, 6) is -0.319. The van der Waals surface area contributed by atoms with Crippen LogP contribution >= 0.6 is 0 Å². The van der Waals surface area contributed by atoms with Crippen LogP contribution in [0.5, 0.6) is 5.75 Å². The molecule has 7 heteroatoms. The molecule has 0 bridgehead atoms. The first kappa shape index (κ1) is 15.7. The van der Waals surface area contributed by atoms with E-state index in [4.69, 9.17) is 4.74 Å². The zero-order valence-electron chi connectivity index (χ0n) is 13.3. The lowest BCUT2D eigenvalue weighted by Gasteiger charge is -2.35. The van der Waals surface area contributed by atoms with Crippen molar-refractivity contribution in [3.8, 4) is 5.75 Å². The highest BCUT2D eigenvalue weighted by Gasteiger charge is 2.46. The van der Waals surface area contributed by atoms with Gasteiger partial charge in [-0.1, -0.05) is 12.1 Å². The number of methoxy groups -OCH3 is 1. The standard InChI is InChI=1S/C16H20FN3O3/c1-3-19-15(21)12-10-18(7-8-20(12)16(19)22)9-11-5-4-6-13(23-2)14(11)17/h4-6,12H,3,7-10H2,1-2H3. The van der Waals surface area contributed by atoms with Gasteiger partial charge in [0.15, 0.2) is 11.6 Å². The predicted octanol–water partition coefficient (Wildman–Crippen LogP) is 1.30. The Bertz CT molecular complexity index is 637. The second kappa shape index (κ2) is 6.16. The number of piperazine rings is 1. The van der Waals surface area contributed by atoms with Crippen molar-refractivity contribution in [3.63, 3.8) is 0 Å². The number of ether oxygens (including phenoxy) is 1. The molecular weight excluding hydrogens is 301 g/mol. The Balaban J connectivity index is 1.73. The van der Waals surface area contributed by atoms with Crippen LogP contribution in [0.4, 0.5) is 9.18 Å². The van der Waals surface area contributed by atoms with Crippen LogP contribution in [0, 0.1) is 5.82 Å². The van der Waals surface area contributed by atoms with E-state index in [9.17, 15) is 14.0 Å². The Morgan fingerprint density at radius 3 is 2.78 bits per heavy atom. The molecule has 0 spiro atoms. The molecule has 2 aliphatic rings. The number of likely N-dealkylation sites (N-methyl/N-ethyl adjacent to an activating group) is 1. The SMILES string of the molecule is CCN1C(=O)C2CN(Cc3cccc(OC)c3F)CCN2C1=O. The van der Waals surface area contributed by atoms with Crippen molar-refractivity contribution in [2.75, 3.05) is 33.3 Å². The van der Waals surface area contributed by atoms with Gasteiger partial charge in [-0.25, -0.2) is 9.18 Å². The average molecular weight is 321 g/mol. The van der Waals surface area contributed by atoms with Crippen molar-refractivity contribution in [2.24, 2.45) is 0 Å². The van der Waals surface area contributed by atoms with E-state index in [0.29, 0.717) is 38.3 Å². The van der Waals surface area contributed by atoms with Crippen LogP contribution in [-0.4, -0.2) is 66.0 Å². The summed E-state index contributed by atoms with van der Waals surface area (Å²) in [4.78, 5) is 29.3. The van der Waals surface area contributed by atoms with Gasteiger partial charge in [-0.15, -0.1) is 0 Å². The summed E-state index contributed by atoms with van der Waals surface area (Å²) in [7, 11) is 1.43. The predicted molar refractivity (Wildman–Crippen MR) is 81.5 cm³/mol. The molecule has 0 saturated carbocycles. The van der Waals surface area contributed by atoms with Crippen LogP contribution in [-0.2, 0) is 11.3 Å². The Kier molecular flexibility index (Phi) is 4.21. The Labute approximate surface area is 134 Å². The molecule has 1 unspecified atom stereocenters. The fourth-order valence-corrected chi connectivity index (χ4v) is 3.22. The quantitative estimate of drug-likeness (QED) is 0.785. The maximum Gasteiger partial charge on any atom is 0.327 e. The van der Waals surface area contributed by atoms with Gasteiger partial charge in [0.05, 0.1) is 7.11 Å². The molecule has 3 amide bonds. The molecule has 1 atom stereocenters. The number of imide groups is 1. The summed E-state index contributed by atoms with van der Waals surface area (Å²) in [5, 5.41) is 0. The Hall–Kier alpha value is -2.15. The van der Waals surface area contributed by atoms with E-state index >= 15 is 0 Å². The van der Waals surface area contributed by atoms with Gasteiger partial charge < -0.3 is 9.64 Å². The third kappa shape index (κ3) is 2.65. The monoisotopic (exact) mass is 321 g/mol. The zero-order chi connectivity index (χ0) is 16.6. The molecule has 2 saturated heterocycles. The van der Waals surface area contributed by atoms with Crippen molar-refractivity contribution >= 4 is 11.9 Å². The van der Waals surface area contributed by atoms with Crippen LogP contribution < -0.4 is 4.74 Å². The minimum atomic E-state index is -0.454. The molecule has 2 fully saturated rings. The van der Waals surface area contributed by atoms with E-state index in [2.05, 4.69) is 0 Å². The second-order valence-electron chi connectivity index (χ2n) is 5.74. The molecule has 3 rings (SSSR count). The largest absolute Gasteiger partial charge is 0.494 e. The fraction of sp³-hybridized carbons (Fsp3) is 0.500. The van der Waals surface area contributed by atoms with Crippen molar-refractivity contribution in [1.82, 2.24) is 14.7 Å². The number of hydrogen-bond donors (Lipinski definition) is 0. The van der Waals surface area contributed by atoms with Gasteiger partial charge >= 0.3 is 6.03 Å². The van der Waals surface area contributed by atoms with Crippen LogP contribution in [0.2, 0.25) is 0 Å². The number of benzene rings is 1. The summed E-state index contributed by atoms with van der Waals surface area (Å²) in [6.45, 7) is 4.09. The van der Waals surface area contributed by atoms with Gasteiger partial charge in [-0.2, -0.15) is 0 Å². The molecule has 0 aromatic heterocycles. The number of fused-ring (bicyclic) bond motifs is 1. The molecule has 1 aromatic rings. The maximum atomic E-state index is 14.3. The number of nitrogens with zero attached hydrogens (tertiary/aromatic N) is 3. The first-order valence-electron chi connectivity index (χ1n) is 7.72. The zero-order valence-corrected chi connectivity index (χ0v) is 13.3. The molecule has 2 heterocycles. The summed E-state index contributed by atoms with van der Waals surface area (Å²) in [6, 6.07) is 4.37. The van der Waals surface area contributed by atoms with Crippen LogP contribution in [0.1, 0.15) is 12.5 Å². The first-order valence-corrected chi connectivity index (χ1v) is 7.72. The average Bonchev–Trinajstić information content (AvgIpc) is 2.80. The van der Waals surface area contributed by atoms with Crippen molar-refractivity contribution in [1.29, 1.82) is 0 Å².